The third-order valence-electron chi connectivity index (χ3n) is 2.80. The first-order valence-corrected chi connectivity index (χ1v) is 6.08. The van der Waals surface area contributed by atoms with Crippen LogP contribution in [0.15, 0.2) is 46.9 Å². The molecule has 0 aliphatic rings. The number of aliphatic hydroxyl groups is 1. The topological polar surface area (TPSA) is 20.2 Å². The molecule has 0 unspecified atom stereocenters. The Bertz CT molecular complexity index is 539. The van der Waals surface area contributed by atoms with E-state index in [2.05, 4.69) is 15.9 Å². The lowest BCUT2D eigenvalue weighted by atomic mass is 9.97. The van der Waals surface area contributed by atoms with Crippen LogP contribution in [0.3, 0.4) is 0 Å². The Kier molecular flexibility index (Phi) is 3.60. The fourth-order valence-corrected chi connectivity index (χ4v) is 2.29. The van der Waals surface area contributed by atoms with Crippen molar-refractivity contribution >= 4 is 15.9 Å². The van der Waals surface area contributed by atoms with Crippen LogP contribution < -0.4 is 0 Å². The standard InChI is InChI=1S/C14H12BrFO/c1-9-10(6-4-8-13(9)16)14(17)11-5-2-3-7-12(11)15/h2-8,14,17H,1H3/t14-/m0/s1. The Morgan fingerprint density at radius 3 is 2.41 bits per heavy atom. The average molecular weight is 295 g/mol. The van der Waals surface area contributed by atoms with Gasteiger partial charge in [0.15, 0.2) is 0 Å². The summed E-state index contributed by atoms with van der Waals surface area (Å²) in [6.07, 6.45) is -0.818. The molecule has 2 aromatic carbocycles. The molecule has 0 radical (unpaired) electrons. The van der Waals surface area contributed by atoms with E-state index < -0.39 is 6.10 Å². The molecule has 0 bridgehead atoms. The molecule has 2 aromatic rings. The van der Waals surface area contributed by atoms with Gasteiger partial charge in [0.05, 0.1) is 0 Å². The summed E-state index contributed by atoms with van der Waals surface area (Å²) in [7, 11) is 0. The first kappa shape index (κ1) is 12.3. The van der Waals surface area contributed by atoms with Gasteiger partial charge in [-0.1, -0.05) is 46.3 Å². The largest absolute Gasteiger partial charge is 0.384 e. The Labute approximate surface area is 108 Å². The highest BCUT2D eigenvalue weighted by Crippen LogP contribution is 2.30. The lowest BCUT2D eigenvalue weighted by Gasteiger charge is -2.15. The SMILES string of the molecule is Cc1c(F)cccc1[C@H](O)c1ccccc1Br. The molecular formula is C14H12BrFO. The molecule has 0 amide bonds. The van der Waals surface area contributed by atoms with E-state index in [1.165, 1.54) is 6.07 Å². The molecule has 0 aliphatic carbocycles. The molecule has 1 nitrogen and oxygen atoms in total. The summed E-state index contributed by atoms with van der Waals surface area (Å²) in [5, 5.41) is 10.3. The first-order chi connectivity index (χ1) is 8.11. The highest BCUT2D eigenvalue weighted by molar-refractivity contribution is 9.10. The minimum atomic E-state index is -0.818. The second-order valence-electron chi connectivity index (χ2n) is 3.88. The first-order valence-electron chi connectivity index (χ1n) is 5.28. The number of rotatable bonds is 2. The van der Waals surface area contributed by atoms with E-state index in [0.29, 0.717) is 11.1 Å². The third kappa shape index (κ3) is 2.40. The number of hydrogen-bond acceptors (Lipinski definition) is 1. The van der Waals surface area contributed by atoms with Gasteiger partial charge in [-0.3, -0.25) is 0 Å². The fourth-order valence-electron chi connectivity index (χ4n) is 1.78. The van der Waals surface area contributed by atoms with Crippen LogP contribution in [0.2, 0.25) is 0 Å². The van der Waals surface area contributed by atoms with E-state index in [0.717, 1.165) is 10.0 Å². The monoisotopic (exact) mass is 294 g/mol. The van der Waals surface area contributed by atoms with E-state index in [4.69, 9.17) is 0 Å². The molecule has 2 rings (SSSR count). The summed E-state index contributed by atoms with van der Waals surface area (Å²) >= 11 is 3.38. The molecular weight excluding hydrogens is 283 g/mol. The van der Waals surface area contributed by atoms with Crippen molar-refractivity contribution < 1.29 is 9.50 Å². The maximum Gasteiger partial charge on any atom is 0.126 e. The van der Waals surface area contributed by atoms with Crippen LogP contribution in [0.5, 0.6) is 0 Å². The van der Waals surface area contributed by atoms with Gasteiger partial charge < -0.3 is 5.11 Å². The average Bonchev–Trinajstić information content (AvgIpc) is 2.32. The normalized spacial score (nSPS) is 12.5. The molecule has 0 spiro atoms. The van der Waals surface area contributed by atoms with Crippen molar-refractivity contribution in [1.29, 1.82) is 0 Å². The number of aliphatic hydroxyl groups excluding tert-OH is 1. The van der Waals surface area contributed by atoms with Crippen LogP contribution in [-0.4, -0.2) is 5.11 Å². The molecule has 0 aromatic heterocycles. The lowest BCUT2D eigenvalue weighted by molar-refractivity contribution is 0.218. The van der Waals surface area contributed by atoms with Crippen molar-refractivity contribution in [3.8, 4) is 0 Å². The molecule has 0 heterocycles. The predicted molar refractivity (Wildman–Crippen MR) is 69.3 cm³/mol. The van der Waals surface area contributed by atoms with Crippen LogP contribution in [0.4, 0.5) is 4.39 Å². The summed E-state index contributed by atoms with van der Waals surface area (Å²) < 4.78 is 14.2. The fraction of sp³-hybridized carbons (Fsp3) is 0.143. The summed E-state index contributed by atoms with van der Waals surface area (Å²) in [5.74, 6) is -0.298. The van der Waals surface area contributed by atoms with Crippen molar-refractivity contribution in [2.75, 3.05) is 0 Å². The zero-order valence-corrected chi connectivity index (χ0v) is 10.9. The Morgan fingerprint density at radius 1 is 1.06 bits per heavy atom. The van der Waals surface area contributed by atoms with Crippen LogP contribution in [0, 0.1) is 12.7 Å². The van der Waals surface area contributed by atoms with Crippen LogP contribution in [0.25, 0.3) is 0 Å². The summed E-state index contributed by atoms with van der Waals surface area (Å²) in [6.45, 7) is 1.67. The van der Waals surface area contributed by atoms with Gasteiger partial charge in [-0.2, -0.15) is 0 Å². The minimum absolute atomic E-state index is 0.298. The van der Waals surface area contributed by atoms with Gasteiger partial charge in [-0.05, 0) is 35.7 Å². The molecule has 1 N–H and O–H groups in total. The minimum Gasteiger partial charge on any atom is -0.384 e. The van der Waals surface area contributed by atoms with E-state index >= 15 is 0 Å². The van der Waals surface area contributed by atoms with Crippen LogP contribution in [0.1, 0.15) is 22.8 Å². The summed E-state index contributed by atoms with van der Waals surface area (Å²) in [4.78, 5) is 0. The van der Waals surface area contributed by atoms with E-state index in [1.807, 2.05) is 24.3 Å². The smallest absolute Gasteiger partial charge is 0.126 e. The molecule has 88 valence electrons. The maximum absolute atomic E-state index is 13.4. The van der Waals surface area contributed by atoms with Gasteiger partial charge in [0, 0.05) is 4.47 Å². The Balaban J connectivity index is 2.48. The molecule has 0 aliphatic heterocycles. The van der Waals surface area contributed by atoms with E-state index in [-0.39, 0.29) is 5.82 Å². The van der Waals surface area contributed by atoms with E-state index in [1.54, 1.807) is 19.1 Å². The molecule has 3 heteroatoms. The number of benzene rings is 2. The highest BCUT2D eigenvalue weighted by atomic mass is 79.9. The van der Waals surface area contributed by atoms with Gasteiger partial charge in [0.2, 0.25) is 0 Å². The number of halogens is 2. The molecule has 0 saturated carbocycles. The lowest BCUT2D eigenvalue weighted by Crippen LogP contribution is -2.04. The molecule has 1 atom stereocenters. The number of hydrogen-bond donors (Lipinski definition) is 1. The second-order valence-corrected chi connectivity index (χ2v) is 4.73. The van der Waals surface area contributed by atoms with Crippen molar-refractivity contribution in [3.05, 3.63) is 69.4 Å². The van der Waals surface area contributed by atoms with Gasteiger partial charge in [0.25, 0.3) is 0 Å². The predicted octanol–water partition coefficient (Wildman–Crippen LogP) is 3.98. The summed E-state index contributed by atoms with van der Waals surface area (Å²) in [5.41, 5.74) is 1.81. The quantitative estimate of drug-likeness (QED) is 0.888. The van der Waals surface area contributed by atoms with Gasteiger partial charge in [-0.15, -0.1) is 0 Å². The Morgan fingerprint density at radius 2 is 1.71 bits per heavy atom. The zero-order chi connectivity index (χ0) is 12.4. The third-order valence-corrected chi connectivity index (χ3v) is 3.53. The van der Waals surface area contributed by atoms with Crippen molar-refractivity contribution in [1.82, 2.24) is 0 Å². The highest BCUT2D eigenvalue weighted by Gasteiger charge is 2.16. The molecule has 17 heavy (non-hydrogen) atoms. The van der Waals surface area contributed by atoms with E-state index in [9.17, 15) is 9.50 Å². The zero-order valence-electron chi connectivity index (χ0n) is 9.32. The van der Waals surface area contributed by atoms with Crippen molar-refractivity contribution in [2.24, 2.45) is 0 Å². The van der Waals surface area contributed by atoms with Gasteiger partial charge in [-0.25, -0.2) is 4.39 Å². The van der Waals surface area contributed by atoms with Gasteiger partial charge in [0.1, 0.15) is 11.9 Å². The van der Waals surface area contributed by atoms with Crippen molar-refractivity contribution in [3.63, 3.8) is 0 Å². The van der Waals surface area contributed by atoms with Crippen LogP contribution in [-0.2, 0) is 0 Å². The van der Waals surface area contributed by atoms with Crippen LogP contribution >= 0.6 is 15.9 Å². The Hall–Kier alpha value is -1.19. The van der Waals surface area contributed by atoms with Gasteiger partial charge >= 0.3 is 0 Å². The molecule has 0 fully saturated rings. The van der Waals surface area contributed by atoms with Crippen molar-refractivity contribution in [2.45, 2.75) is 13.0 Å². The maximum atomic E-state index is 13.4. The second kappa shape index (κ2) is 4.98. The molecule has 0 saturated heterocycles. The summed E-state index contributed by atoms with van der Waals surface area (Å²) in [6, 6.07) is 12.1.